The summed E-state index contributed by atoms with van der Waals surface area (Å²) in [6, 6.07) is 0. The summed E-state index contributed by atoms with van der Waals surface area (Å²) in [7, 11) is 0. The van der Waals surface area contributed by atoms with E-state index in [9.17, 15) is 0 Å². The average molecular weight is 1430 g/mol. The predicted molar refractivity (Wildman–Crippen MR) is 526 cm³/mol. The molecule has 0 aromatic rings. The van der Waals surface area contributed by atoms with Crippen molar-refractivity contribution in [1.82, 2.24) is 0 Å². The van der Waals surface area contributed by atoms with Gasteiger partial charge < -0.3 is 0 Å². The van der Waals surface area contributed by atoms with Gasteiger partial charge in [0.05, 0.1) is 0 Å². The molecule has 4 aliphatic rings. The van der Waals surface area contributed by atoms with Gasteiger partial charge in [0.25, 0.3) is 0 Å². The Balaban J connectivity index is -0.00000000942. The monoisotopic (exact) mass is 1420 g/mol. The van der Waals surface area contributed by atoms with E-state index in [1.165, 1.54) is 89.9 Å². The summed E-state index contributed by atoms with van der Waals surface area (Å²) in [6.45, 7) is 161. The molecule has 4 saturated carbocycles. The van der Waals surface area contributed by atoms with E-state index in [4.69, 9.17) is 0 Å². The van der Waals surface area contributed by atoms with Crippen LogP contribution in [0.15, 0.2) is 0 Å². The van der Waals surface area contributed by atoms with E-state index in [1.54, 1.807) is 0 Å². The van der Waals surface area contributed by atoms with Crippen molar-refractivity contribution in [2.75, 3.05) is 0 Å². The molecule has 0 heteroatoms. The summed E-state index contributed by atoms with van der Waals surface area (Å²) in [4.78, 5) is 0. The van der Waals surface area contributed by atoms with Gasteiger partial charge in [-0.25, -0.2) is 0 Å². The maximum atomic E-state index is 2.31. The molecular formula is C96H270. The van der Waals surface area contributed by atoms with E-state index >= 15 is 0 Å². The first-order valence-corrected chi connectivity index (χ1v) is 47.7. The van der Waals surface area contributed by atoms with Gasteiger partial charge in [-0.1, -0.05) is 644 Å². The molecule has 0 spiro atoms. The Morgan fingerprint density at radius 3 is 0.146 bits per heavy atom. The van der Waals surface area contributed by atoms with Gasteiger partial charge in [-0.15, -0.1) is 0 Å². The van der Waals surface area contributed by atoms with Crippen LogP contribution in [0.1, 0.15) is 644 Å². The molecule has 654 valence electrons. The van der Waals surface area contributed by atoms with Crippen LogP contribution in [0.2, 0.25) is 0 Å². The molecule has 0 radical (unpaired) electrons. The summed E-state index contributed by atoms with van der Waals surface area (Å²) in [5.74, 6) is 2.13. The van der Waals surface area contributed by atoms with E-state index in [1.807, 2.05) is 526 Å². The van der Waals surface area contributed by atoms with Crippen LogP contribution in [0, 0.1) is 11.8 Å². The summed E-state index contributed by atoms with van der Waals surface area (Å²) in [5, 5.41) is 0. The molecule has 0 amide bonds. The van der Waals surface area contributed by atoms with E-state index < -0.39 is 0 Å². The minimum Gasteiger partial charge on any atom is -0.0683 e. The second-order valence-corrected chi connectivity index (χ2v) is 7.25. The van der Waals surface area contributed by atoms with Crippen molar-refractivity contribution in [1.29, 1.82) is 0 Å². The molecular weight excluding hydrogens is 1150 g/mol. The second kappa shape index (κ2) is 2100. The van der Waals surface area contributed by atoms with Gasteiger partial charge in [0.15, 0.2) is 0 Å². The topological polar surface area (TPSA) is 0 Å². The molecule has 0 aliphatic heterocycles. The number of hydrogen-bond acceptors (Lipinski definition) is 0. The molecule has 0 heterocycles. The fourth-order valence-corrected chi connectivity index (χ4v) is 1.47. The first-order chi connectivity index (χ1) is 47.7. The van der Waals surface area contributed by atoms with Gasteiger partial charge in [-0.05, 0) is 11.8 Å². The quantitative estimate of drug-likeness (QED) is 0.227. The Kier molecular flexibility index (Phi) is 5830. The molecule has 0 N–H and O–H groups in total. The summed E-state index contributed by atoms with van der Waals surface area (Å²) >= 11 is 0. The molecule has 0 nitrogen and oxygen atoms in total. The van der Waals surface area contributed by atoms with Crippen molar-refractivity contribution in [2.45, 2.75) is 644 Å². The van der Waals surface area contributed by atoms with Crippen LogP contribution in [0.5, 0.6) is 0 Å². The van der Waals surface area contributed by atoms with Crippen LogP contribution >= 0.6 is 0 Å². The summed E-state index contributed by atoms with van der Waals surface area (Å²) in [6.07, 6.45) is 20.7. The SMILES string of the molecule is C1CC1.C1CCC1.CC.CC.CC.CC.CC.CC.CC.CC.CC.CC.CC.CC.CC.CC.CC.CC.CC.CC.CC.CC.CC.CC.CC.CC.CC.CC.CC.CC.CC.CC.CC.CC.CC.CC.CC.CC.CC.CC.CC1CCC1.CC1CCC1.CCC. The van der Waals surface area contributed by atoms with Gasteiger partial charge in [-0.3, -0.25) is 0 Å². The molecule has 0 bridgehead atoms. The van der Waals surface area contributed by atoms with Crippen LogP contribution < -0.4 is 0 Å². The molecule has 96 heavy (non-hydrogen) atoms. The van der Waals surface area contributed by atoms with E-state index in [0.29, 0.717) is 0 Å². The van der Waals surface area contributed by atoms with Crippen molar-refractivity contribution in [2.24, 2.45) is 11.8 Å². The third-order valence-electron chi connectivity index (χ3n) is 4.14. The van der Waals surface area contributed by atoms with Crippen molar-refractivity contribution < 1.29 is 0 Å². The lowest BCUT2D eigenvalue weighted by molar-refractivity contribution is 0.346. The van der Waals surface area contributed by atoms with E-state index in [-0.39, 0.29) is 0 Å². The molecule has 0 aromatic carbocycles. The fourth-order valence-electron chi connectivity index (χ4n) is 1.47. The molecule has 0 unspecified atom stereocenters. The Morgan fingerprint density at radius 1 is 0.115 bits per heavy atom. The molecule has 4 fully saturated rings. The lowest BCUT2D eigenvalue weighted by atomic mass is 9.88. The van der Waals surface area contributed by atoms with Crippen molar-refractivity contribution in [3.8, 4) is 0 Å². The average Bonchev–Trinajstić information content (AvgIpc) is 4.68. The highest BCUT2D eigenvalue weighted by molar-refractivity contribution is 4.63. The number of rotatable bonds is 0. The minimum absolute atomic E-state index is 1.06. The molecule has 0 atom stereocenters. The highest BCUT2D eigenvalue weighted by Crippen LogP contribution is 2.24. The normalized spacial score (nSPS) is 7.00. The van der Waals surface area contributed by atoms with Crippen LogP contribution in [-0.4, -0.2) is 0 Å². The smallest absolute Gasteiger partial charge is 0.0443 e. The van der Waals surface area contributed by atoms with Crippen molar-refractivity contribution in [3.05, 3.63) is 0 Å². The highest BCUT2D eigenvalue weighted by atomic mass is 14.2. The summed E-state index contributed by atoms with van der Waals surface area (Å²) < 4.78 is 0. The zero-order chi connectivity index (χ0) is 91.1. The second-order valence-electron chi connectivity index (χ2n) is 7.25. The minimum atomic E-state index is 1.06. The van der Waals surface area contributed by atoms with Gasteiger partial charge in [-0.2, -0.15) is 0 Å². The zero-order valence-corrected chi connectivity index (χ0v) is 91.1. The fraction of sp³-hybridized carbons (Fsp3) is 1.00. The Hall–Kier alpha value is 0. The van der Waals surface area contributed by atoms with Crippen LogP contribution in [-0.2, 0) is 0 Å². The van der Waals surface area contributed by atoms with E-state index in [2.05, 4.69) is 27.7 Å². The molecule has 0 saturated heterocycles. The van der Waals surface area contributed by atoms with Crippen molar-refractivity contribution >= 4 is 0 Å². The van der Waals surface area contributed by atoms with Crippen LogP contribution in [0.4, 0.5) is 0 Å². The Labute approximate surface area is 652 Å². The van der Waals surface area contributed by atoms with Gasteiger partial charge in [0, 0.05) is 0 Å². The summed E-state index contributed by atoms with van der Waals surface area (Å²) in [5.41, 5.74) is 0. The third kappa shape index (κ3) is 2810. The van der Waals surface area contributed by atoms with Crippen LogP contribution in [0.3, 0.4) is 0 Å². The lowest BCUT2D eigenvalue weighted by Crippen LogP contribution is -2.04. The van der Waals surface area contributed by atoms with Gasteiger partial charge in [0.1, 0.15) is 0 Å². The maximum absolute atomic E-state index is 2.31. The third-order valence-corrected chi connectivity index (χ3v) is 4.14. The van der Waals surface area contributed by atoms with E-state index in [0.717, 1.165) is 11.8 Å². The molecule has 0 aromatic heterocycles. The van der Waals surface area contributed by atoms with Crippen LogP contribution in [0.25, 0.3) is 0 Å². The highest BCUT2D eigenvalue weighted by Gasteiger charge is 2.09. The Morgan fingerprint density at radius 2 is 0.146 bits per heavy atom. The molecule has 4 rings (SSSR count). The van der Waals surface area contributed by atoms with Crippen molar-refractivity contribution in [3.63, 3.8) is 0 Å². The maximum Gasteiger partial charge on any atom is -0.0443 e. The van der Waals surface area contributed by atoms with Gasteiger partial charge in [0.2, 0.25) is 0 Å². The first kappa shape index (κ1) is 267. The largest absolute Gasteiger partial charge is 0.0683 e. The lowest BCUT2D eigenvalue weighted by Gasteiger charge is -2.18. The zero-order valence-electron chi connectivity index (χ0n) is 91.1. The first-order valence-electron chi connectivity index (χ1n) is 47.7. The standard InChI is InChI=1S/2C5H10.C4H8.C3H6.C3H8.38C2H6/c2*1-5-3-2-4-5;1-2-4-3-1;1-2-3-1;1-3-2;38*1-2/h2*5H,2-4H2,1H3;1-4H2;1-3H2;3H2,1-2H3;38*1-2H3. The Bertz CT molecular complexity index is 140. The molecule has 4 aliphatic carbocycles. The van der Waals surface area contributed by atoms with Gasteiger partial charge >= 0.3 is 0 Å². The predicted octanol–water partition coefficient (Wildman–Crippen LogP) is 46.8. The number of hydrogen-bond donors (Lipinski definition) is 0.